The number of benzene rings is 1. The van der Waals surface area contributed by atoms with E-state index in [0.29, 0.717) is 23.4 Å². The van der Waals surface area contributed by atoms with Crippen LogP contribution in [0.5, 0.6) is 0 Å². The Morgan fingerprint density at radius 3 is 2.85 bits per heavy atom. The molecule has 4 nitrogen and oxygen atoms in total. The van der Waals surface area contributed by atoms with Gasteiger partial charge in [0.1, 0.15) is 5.82 Å². The third-order valence-electron chi connectivity index (χ3n) is 3.02. The van der Waals surface area contributed by atoms with Crippen LogP contribution in [0, 0.1) is 12.7 Å². The highest BCUT2D eigenvalue weighted by atomic mass is 19.1. The van der Waals surface area contributed by atoms with E-state index in [1.807, 2.05) is 6.92 Å². The van der Waals surface area contributed by atoms with Gasteiger partial charge in [-0.3, -0.25) is 0 Å². The second-order valence-corrected chi connectivity index (χ2v) is 5.17. The van der Waals surface area contributed by atoms with Crippen LogP contribution in [-0.2, 0) is 6.42 Å². The van der Waals surface area contributed by atoms with Gasteiger partial charge in [0.2, 0.25) is 11.8 Å². The Balaban J connectivity index is 2.00. The molecule has 2 rings (SSSR count). The Labute approximate surface area is 118 Å². The standard InChI is InChI=1S/C15H20FN3O/c1-10(2)17-8-4-5-14-18-19-15(20-14)13-9-12(16)7-6-11(13)3/h6-7,9-10,17H,4-5,8H2,1-3H3. The molecule has 0 atom stereocenters. The van der Waals surface area contributed by atoms with E-state index in [1.54, 1.807) is 6.07 Å². The molecule has 0 fully saturated rings. The summed E-state index contributed by atoms with van der Waals surface area (Å²) in [5, 5.41) is 11.3. The quantitative estimate of drug-likeness (QED) is 0.824. The van der Waals surface area contributed by atoms with Crippen molar-refractivity contribution in [3.05, 3.63) is 35.5 Å². The minimum absolute atomic E-state index is 0.300. The van der Waals surface area contributed by atoms with Crippen LogP contribution in [0.1, 0.15) is 31.7 Å². The van der Waals surface area contributed by atoms with Crippen molar-refractivity contribution >= 4 is 0 Å². The van der Waals surface area contributed by atoms with Gasteiger partial charge in [-0.15, -0.1) is 10.2 Å². The summed E-state index contributed by atoms with van der Waals surface area (Å²) >= 11 is 0. The van der Waals surface area contributed by atoms with Gasteiger partial charge in [0.05, 0.1) is 0 Å². The maximum Gasteiger partial charge on any atom is 0.248 e. The molecule has 0 bridgehead atoms. The molecule has 0 aliphatic carbocycles. The van der Waals surface area contributed by atoms with Crippen molar-refractivity contribution in [1.82, 2.24) is 15.5 Å². The van der Waals surface area contributed by atoms with Gasteiger partial charge in [0, 0.05) is 18.0 Å². The molecule has 0 radical (unpaired) electrons. The topological polar surface area (TPSA) is 51.0 Å². The molecule has 1 heterocycles. The molecule has 20 heavy (non-hydrogen) atoms. The summed E-state index contributed by atoms with van der Waals surface area (Å²) in [6.07, 6.45) is 1.66. The summed E-state index contributed by atoms with van der Waals surface area (Å²) in [6, 6.07) is 5.03. The lowest BCUT2D eigenvalue weighted by Gasteiger charge is -2.05. The normalized spacial score (nSPS) is 11.2. The molecule has 1 aromatic heterocycles. The number of nitrogens with zero attached hydrogens (tertiary/aromatic N) is 2. The fourth-order valence-corrected chi connectivity index (χ4v) is 1.92. The van der Waals surface area contributed by atoms with Crippen molar-refractivity contribution in [2.24, 2.45) is 0 Å². The zero-order valence-electron chi connectivity index (χ0n) is 12.1. The lowest BCUT2D eigenvalue weighted by atomic mass is 10.1. The van der Waals surface area contributed by atoms with E-state index in [0.717, 1.165) is 24.9 Å². The van der Waals surface area contributed by atoms with Gasteiger partial charge >= 0.3 is 0 Å². The molecule has 1 N–H and O–H groups in total. The Morgan fingerprint density at radius 1 is 1.30 bits per heavy atom. The first-order valence-corrected chi connectivity index (χ1v) is 6.88. The maximum absolute atomic E-state index is 13.3. The van der Waals surface area contributed by atoms with E-state index >= 15 is 0 Å². The second-order valence-electron chi connectivity index (χ2n) is 5.17. The third-order valence-corrected chi connectivity index (χ3v) is 3.02. The Kier molecular flexibility index (Phi) is 4.84. The van der Waals surface area contributed by atoms with Crippen molar-refractivity contribution in [3.8, 4) is 11.5 Å². The number of halogens is 1. The predicted molar refractivity (Wildman–Crippen MR) is 75.9 cm³/mol. The Bertz CT molecular complexity index is 566. The van der Waals surface area contributed by atoms with Crippen molar-refractivity contribution in [3.63, 3.8) is 0 Å². The van der Waals surface area contributed by atoms with E-state index < -0.39 is 0 Å². The molecule has 0 saturated carbocycles. The van der Waals surface area contributed by atoms with Crippen LogP contribution in [0.2, 0.25) is 0 Å². The van der Waals surface area contributed by atoms with E-state index in [1.165, 1.54) is 12.1 Å². The predicted octanol–water partition coefficient (Wildman–Crippen LogP) is 3.11. The summed E-state index contributed by atoms with van der Waals surface area (Å²) in [7, 11) is 0. The number of aromatic nitrogens is 2. The van der Waals surface area contributed by atoms with E-state index in [2.05, 4.69) is 29.4 Å². The first-order valence-electron chi connectivity index (χ1n) is 6.88. The van der Waals surface area contributed by atoms with Crippen LogP contribution in [-0.4, -0.2) is 22.8 Å². The van der Waals surface area contributed by atoms with Gasteiger partial charge < -0.3 is 9.73 Å². The fraction of sp³-hybridized carbons (Fsp3) is 0.467. The van der Waals surface area contributed by atoms with Crippen LogP contribution >= 0.6 is 0 Å². The summed E-state index contributed by atoms with van der Waals surface area (Å²) < 4.78 is 18.9. The summed E-state index contributed by atoms with van der Waals surface area (Å²) in [5.41, 5.74) is 1.58. The molecule has 0 unspecified atom stereocenters. The van der Waals surface area contributed by atoms with Gasteiger partial charge in [-0.25, -0.2) is 4.39 Å². The molecule has 1 aromatic carbocycles. The SMILES string of the molecule is Cc1ccc(F)cc1-c1nnc(CCCNC(C)C)o1. The molecule has 0 spiro atoms. The highest BCUT2D eigenvalue weighted by molar-refractivity contribution is 5.57. The average Bonchev–Trinajstić information content (AvgIpc) is 2.86. The van der Waals surface area contributed by atoms with Crippen molar-refractivity contribution in [2.45, 2.75) is 39.7 Å². The lowest BCUT2D eigenvalue weighted by molar-refractivity contribution is 0.483. The monoisotopic (exact) mass is 277 g/mol. The molecular weight excluding hydrogens is 257 g/mol. The number of rotatable bonds is 6. The van der Waals surface area contributed by atoms with Gasteiger partial charge in [0.25, 0.3) is 0 Å². The number of hydrogen-bond acceptors (Lipinski definition) is 4. The summed E-state index contributed by atoms with van der Waals surface area (Å²) in [6.45, 7) is 7.02. The summed E-state index contributed by atoms with van der Waals surface area (Å²) in [5.74, 6) is 0.675. The van der Waals surface area contributed by atoms with Crippen LogP contribution in [0.25, 0.3) is 11.5 Å². The van der Waals surface area contributed by atoms with Crippen molar-refractivity contribution in [2.75, 3.05) is 6.54 Å². The van der Waals surface area contributed by atoms with E-state index in [4.69, 9.17) is 4.42 Å². The van der Waals surface area contributed by atoms with Crippen molar-refractivity contribution in [1.29, 1.82) is 0 Å². The molecule has 0 saturated heterocycles. The van der Waals surface area contributed by atoms with Gasteiger partial charge in [-0.05, 0) is 37.6 Å². The molecular formula is C15H20FN3O. The van der Waals surface area contributed by atoms with E-state index in [9.17, 15) is 4.39 Å². The highest BCUT2D eigenvalue weighted by Gasteiger charge is 2.11. The van der Waals surface area contributed by atoms with Crippen LogP contribution in [0.4, 0.5) is 4.39 Å². The van der Waals surface area contributed by atoms with Gasteiger partial charge in [0.15, 0.2) is 0 Å². The average molecular weight is 277 g/mol. The molecule has 5 heteroatoms. The first kappa shape index (κ1) is 14.7. The van der Waals surface area contributed by atoms with Gasteiger partial charge in [-0.2, -0.15) is 0 Å². The zero-order valence-corrected chi connectivity index (χ0v) is 12.1. The molecule has 0 aliphatic rings. The van der Waals surface area contributed by atoms with Crippen molar-refractivity contribution < 1.29 is 8.81 Å². The third kappa shape index (κ3) is 3.87. The Hall–Kier alpha value is -1.75. The summed E-state index contributed by atoms with van der Waals surface area (Å²) in [4.78, 5) is 0. The van der Waals surface area contributed by atoms with Crippen LogP contribution in [0.3, 0.4) is 0 Å². The Morgan fingerprint density at radius 2 is 2.10 bits per heavy atom. The van der Waals surface area contributed by atoms with Gasteiger partial charge in [-0.1, -0.05) is 19.9 Å². The van der Waals surface area contributed by atoms with Crippen LogP contribution in [0.15, 0.2) is 22.6 Å². The molecule has 2 aromatic rings. The highest BCUT2D eigenvalue weighted by Crippen LogP contribution is 2.23. The largest absolute Gasteiger partial charge is 0.421 e. The zero-order chi connectivity index (χ0) is 14.5. The lowest BCUT2D eigenvalue weighted by Crippen LogP contribution is -2.23. The molecule has 0 amide bonds. The van der Waals surface area contributed by atoms with Crippen LogP contribution < -0.4 is 5.32 Å². The molecule has 108 valence electrons. The van der Waals surface area contributed by atoms with E-state index in [-0.39, 0.29) is 5.82 Å². The molecule has 0 aliphatic heterocycles. The number of aryl methyl sites for hydroxylation is 2. The maximum atomic E-state index is 13.3. The number of hydrogen-bond donors (Lipinski definition) is 1. The second kappa shape index (κ2) is 6.61. The first-order chi connectivity index (χ1) is 9.56. The number of nitrogens with one attached hydrogen (secondary N) is 1. The minimum Gasteiger partial charge on any atom is -0.421 e. The smallest absolute Gasteiger partial charge is 0.248 e. The fourth-order valence-electron chi connectivity index (χ4n) is 1.92. The minimum atomic E-state index is -0.300.